The molecule has 160 valence electrons. The molecule has 2 aromatic carbocycles. The summed E-state index contributed by atoms with van der Waals surface area (Å²) in [6.45, 7) is 1.84. The highest BCUT2D eigenvalue weighted by Gasteiger charge is 2.21. The molecule has 0 fully saturated rings. The van der Waals surface area contributed by atoms with Gasteiger partial charge in [0.2, 0.25) is 5.91 Å². The SMILES string of the molecule is CCOC(=O)CN[C@@H](Cc1ccccc1)C(=O)Nc1cc(-c2ccncc2)ccc1F. The number of anilines is 1. The summed E-state index contributed by atoms with van der Waals surface area (Å²) in [5.74, 6) is -1.45. The van der Waals surface area contributed by atoms with Gasteiger partial charge in [0.15, 0.2) is 0 Å². The molecule has 2 N–H and O–H groups in total. The zero-order chi connectivity index (χ0) is 22.1. The van der Waals surface area contributed by atoms with Gasteiger partial charge in [-0.1, -0.05) is 36.4 Å². The molecule has 1 aromatic heterocycles. The van der Waals surface area contributed by atoms with Crippen molar-refractivity contribution in [1.82, 2.24) is 10.3 Å². The molecule has 0 saturated carbocycles. The molecule has 0 aliphatic heterocycles. The molecule has 3 rings (SSSR count). The third-order valence-electron chi connectivity index (χ3n) is 4.64. The minimum absolute atomic E-state index is 0.0651. The highest BCUT2D eigenvalue weighted by molar-refractivity contribution is 5.96. The number of nitrogens with zero attached hydrogens (tertiary/aromatic N) is 1. The van der Waals surface area contributed by atoms with Gasteiger partial charge in [-0.2, -0.15) is 0 Å². The van der Waals surface area contributed by atoms with Gasteiger partial charge >= 0.3 is 5.97 Å². The molecule has 0 aliphatic rings. The Balaban J connectivity index is 1.78. The van der Waals surface area contributed by atoms with E-state index in [1.807, 2.05) is 30.3 Å². The van der Waals surface area contributed by atoms with Crippen LogP contribution in [0.2, 0.25) is 0 Å². The van der Waals surface area contributed by atoms with Crippen molar-refractivity contribution in [3.05, 3.63) is 84.4 Å². The van der Waals surface area contributed by atoms with Gasteiger partial charge in [0.1, 0.15) is 5.82 Å². The van der Waals surface area contributed by atoms with Gasteiger partial charge in [-0.15, -0.1) is 0 Å². The van der Waals surface area contributed by atoms with E-state index in [9.17, 15) is 14.0 Å². The summed E-state index contributed by atoms with van der Waals surface area (Å²) in [4.78, 5) is 28.7. The number of carbonyl (C=O) groups is 2. The molecule has 0 aliphatic carbocycles. The van der Waals surface area contributed by atoms with Crippen molar-refractivity contribution >= 4 is 17.6 Å². The van der Waals surface area contributed by atoms with Crippen LogP contribution in [-0.4, -0.2) is 36.1 Å². The van der Waals surface area contributed by atoms with E-state index in [4.69, 9.17) is 4.74 Å². The maximum atomic E-state index is 14.4. The fourth-order valence-corrected chi connectivity index (χ4v) is 3.09. The van der Waals surface area contributed by atoms with Crippen LogP contribution in [0.3, 0.4) is 0 Å². The first kappa shape index (κ1) is 22.1. The van der Waals surface area contributed by atoms with Crippen molar-refractivity contribution < 1.29 is 18.7 Å². The number of aromatic nitrogens is 1. The molecule has 0 radical (unpaired) electrons. The maximum absolute atomic E-state index is 14.4. The van der Waals surface area contributed by atoms with E-state index < -0.39 is 23.7 Å². The predicted molar refractivity (Wildman–Crippen MR) is 117 cm³/mol. The van der Waals surface area contributed by atoms with E-state index in [0.717, 1.165) is 16.7 Å². The van der Waals surface area contributed by atoms with Gasteiger partial charge < -0.3 is 10.1 Å². The molecule has 1 atom stereocenters. The van der Waals surface area contributed by atoms with Gasteiger partial charge in [-0.25, -0.2) is 4.39 Å². The maximum Gasteiger partial charge on any atom is 0.319 e. The van der Waals surface area contributed by atoms with Crippen molar-refractivity contribution in [2.75, 3.05) is 18.5 Å². The fraction of sp³-hybridized carbons (Fsp3) is 0.208. The van der Waals surface area contributed by atoms with Crippen molar-refractivity contribution in [3.63, 3.8) is 0 Å². The summed E-state index contributed by atoms with van der Waals surface area (Å²) in [7, 11) is 0. The lowest BCUT2D eigenvalue weighted by atomic mass is 10.0. The van der Waals surface area contributed by atoms with Gasteiger partial charge in [0.25, 0.3) is 0 Å². The quantitative estimate of drug-likeness (QED) is 0.516. The number of esters is 1. The minimum Gasteiger partial charge on any atom is -0.465 e. The van der Waals surface area contributed by atoms with Gasteiger partial charge in [-0.05, 0) is 54.3 Å². The smallest absolute Gasteiger partial charge is 0.319 e. The van der Waals surface area contributed by atoms with Crippen LogP contribution in [0.15, 0.2) is 73.1 Å². The second-order valence-corrected chi connectivity index (χ2v) is 6.85. The van der Waals surface area contributed by atoms with Crippen LogP contribution in [0.1, 0.15) is 12.5 Å². The zero-order valence-corrected chi connectivity index (χ0v) is 17.2. The molecule has 1 heterocycles. The number of benzene rings is 2. The first-order valence-electron chi connectivity index (χ1n) is 10.0. The molecule has 0 unspecified atom stereocenters. The van der Waals surface area contributed by atoms with Crippen LogP contribution in [0.25, 0.3) is 11.1 Å². The highest BCUT2D eigenvalue weighted by Crippen LogP contribution is 2.24. The Morgan fingerprint density at radius 3 is 2.48 bits per heavy atom. The van der Waals surface area contributed by atoms with Gasteiger partial charge in [0.05, 0.1) is 24.9 Å². The largest absolute Gasteiger partial charge is 0.465 e. The Labute approximate surface area is 180 Å². The highest BCUT2D eigenvalue weighted by atomic mass is 19.1. The molecule has 1 amide bonds. The predicted octanol–water partition coefficient (Wildman–Crippen LogP) is 3.59. The number of nitrogens with one attached hydrogen (secondary N) is 2. The standard InChI is InChI=1S/C24H24FN3O3/c1-2-31-23(29)16-27-22(14-17-6-4-3-5-7-17)24(30)28-21-15-19(8-9-20(21)25)18-10-12-26-13-11-18/h3-13,15,22,27H,2,14,16H2,1H3,(H,28,30)/t22-/m0/s1. The normalized spacial score (nSPS) is 11.5. The topological polar surface area (TPSA) is 80.3 Å². The second-order valence-electron chi connectivity index (χ2n) is 6.85. The lowest BCUT2D eigenvalue weighted by molar-refractivity contribution is -0.142. The molecule has 0 bridgehead atoms. The van der Waals surface area contributed by atoms with Crippen molar-refractivity contribution in [2.45, 2.75) is 19.4 Å². The summed E-state index contributed by atoms with van der Waals surface area (Å²) in [6.07, 6.45) is 3.62. The van der Waals surface area contributed by atoms with E-state index in [1.54, 1.807) is 43.6 Å². The molecule has 31 heavy (non-hydrogen) atoms. The number of ether oxygens (including phenoxy) is 1. The Morgan fingerprint density at radius 2 is 1.77 bits per heavy atom. The average molecular weight is 421 g/mol. The Hall–Kier alpha value is -3.58. The van der Waals surface area contributed by atoms with E-state index >= 15 is 0 Å². The number of hydrogen-bond acceptors (Lipinski definition) is 5. The molecule has 0 saturated heterocycles. The van der Waals surface area contributed by atoms with Crippen molar-refractivity contribution in [3.8, 4) is 11.1 Å². The van der Waals surface area contributed by atoms with Crippen LogP contribution in [0.4, 0.5) is 10.1 Å². The number of halogens is 1. The van der Waals surface area contributed by atoms with Crippen LogP contribution in [0.5, 0.6) is 0 Å². The Morgan fingerprint density at radius 1 is 1.03 bits per heavy atom. The molecule has 3 aromatic rings. The van der Waals surface area contributed by atoms with E-state index in [2.05, 4.69) is 15.6 Å². The van der Waals surface area contributed by atoms with E-state index in [0.29, 0.717) is 6.42 Å². The Kier molecular flexibility index (Phi) is 7.84. The molecular weight excluding hydrogens is 397 g/mol. The third kappa shape index (κ3) is 6.45. The third-order valence-corrected chi connectivity index (χ3v) is 4.64. The Bertz CT molecular complexity index is 1010. The monoisotopic (exact) mass is 421 g/mol. The summed E-state index contributed by atoms with van der Waals surface area (Å²) < 4.78 is 19.4. The van der Waals surface area contributed by atoms with Crippen molar-refractivity contribution in [1.29, 1.82) is 0 Å². The molecule has 0 spiro atoms. The minimum atomic E-state index is -0.754. The lowest BCUT2D eigenvalue weighted by Gasteiger charge is -2.19. The number of rotatable bonds is 9. The van der Waals surface area contributed by atoms with Crippen molar-refractivity contribution in [2.24, 2.45) is 0 Å². The number of amides is 1. The van der Waals surface area contributed by atoms with Crippen LogP contribution < -0.4 is 10.6 Å². The molecule has 7 heteroatoms. The summed E-state index contributed by atoms with van der Waals surface area (Å²) >= 11 is 0. The molecular formula is C24H24FN3O3. The number of hydrogen-bond donors (Lipinski definition) is 2. The van der Waals surface area contributed by atoms with Crippen LogP contribution in [0, 0.1) is 5.82 Å². The van der Waals surface area contributed by atoms with E-state index in [1.165, 1.54) is 6.07 Å². The number of carbonyl (C=O) groups excluding carboxylic acids is 2. The number of pyridine rings is 1. The summed E-state index contributed by atoms with van der Waals surface area (Å²) in [5.41, 5.74) is 2.57. The summed E-state index contributed by atoms with van der Waals surface area (Å²) in [5, 5.41) is 5.57. The average Bonchev–Trinajstić information content (AvgIpc) is 2.79. The summed E-state index contributed by atoms with van der Waals surface area (Å²) in [6, 6.07) is 16.8. The van der Waals surface area contributed by atoms with Gasteiger partial charge in [-0.3, -0.25) is 19.9 Å². The first-order valence-corrected chi connectivity index (χ1v) is 10.0. The van der Waals surface area contributed by atoms with E-state index in [-0.39, 0.29) is 18.8 Å². The zero-order valence-electron chi connectivity index (χ0n) is 17.2. The molecule has 6 nitrogen and oxygen atoms in total. The van der Waals surface area contributed by atoms with Crippen LogP contribution >= 0.6 is 0 Å². The fourth-order valence-electron chi connectivity index (χ4n) is 3.09. The second kappa shape index (κ2) is 11.0. The van der Waals surface area contributed by atoms with Crippen LogP contribution in [-0.2, 0) is 20.7 Å². The lowest BCUT2D eigenvalue weighted by Crippen LogP contribution is -2.44. The van der Waals surface area contributed by atoms with Gasteiger partial charge in [0, 0.05) is 12.4 Å². The first-order chi connectivity index (χ1) is 15.1.